The van der Waals surface area contributed by atoms with Gasteiger partial charge in [-0.15, -0.1) is 0 Å². The lowest BCUT2D eigenvalue weighted by molar-refractivity contribution is 0.518. The molecule has 3 heteroatoms. The number of hydrogen-bond acceptors (Lipinski definition) is 2. The van der Waals surface area contributed by atoms with Gasteiger partial charge in [0.1, 0.15) is 23.0 Å². The summed E-state index contributed by atoms with van der Waals surface area (Å²) in [5.41, 5.74) is 23.2. The van der Waals surface area contributed by atoms with Crippen molar-refractivity contribution in [1.82, 2.24) is 0 Å². The van der Waals surface area contributed by atoms with Crippen molar-refractivity contribution in [1.29, 1.82) is 0 Å². The minimum absolute atomic E-state index is 0.303. The summed E-state index contributed by atoms with van der Waals surface area (Å²) in [6, 6.07) is 35.0. The fourth-order valence-electron chi connectivity index (χ4n) is 10.5. The zero-order chi connectivity index (χ0) is 38.9. The van der Waals surface area contributed by atoms with Gasteiger partial charge in [0.2, 0.25) is 0 Å². The molecule has 4 aliphatic rings. The lowest BCUT2D eigenvalue weighted by Crippen LogP contribution is -2.09. The highest BCUT2D eigenvalue weighted by Crippen LogP contribution is 2.53. The van der Waals surface area contributed by atoms with Crippen molar-refractivity contribution in [3.8, 4) is 22.3 Å². The normalized spacial score (nSPS) is 18.0. The molecule has 0 fully saturated rings. The zero-order valence-electron chi connectivity index (χ0n) is 34.5. The van der Waals surface area contributed by atoms with Gasteiger partial charge in [0.25, 0.3) is 0 Å². The highest BCUT2D eigenvalue weighted by molar-refractivity contribution is 6.37. The van der Waals surface area contributed by atoms with Gasteiger partial charge in [-0.05, 0) is 191 Å². The molecule has 2 heterocycles. The standard InChI is InChI=1S/C54H54O2Si/c1-31(2)35-15-19-37(20-16-35)53-41-11-7-9-39(41)25-43-47(53)27-45(51-23-13-33(5)55-51)49(43)29-57-30-50-44-26-40-10-8-12-42(40)54(38-21-17-36(18-22-38)32(3)4)48(44)28-46(50)52-24-14-34(6)56-52/h13-28,31-32,49-50H,7-12,29-30H2,1-6H3. The molecule has 4 aromatic carbocycles. The van der Waals surface area contributed by atoms with E-state index in [1.165, 1.54) is 92.5 Å². The maximum Gasteiger partial charge on any atom is 0.130 e. The van der Waals surface area contributed by atoms with Gasteiger partial charge in [-0.3, -0.25) is 0 Å². The van der Waals surface area contributed by atoms with Gasteiger partial charge in [-0.1, -0.05) is 88.4 Å². The number of benzene rings is 4. The number of fused-ring (bicyclic) bond motifs is 4. The zero-order valence-corrected chi connectivity index (χ0v) is 35.5. The molecule has 4 aliphatic carbocycles. The highest BCUT2D eigenvalue weighted by atomic mass is 28.2. The Morgan fingerprint density at radius 1 is 0.544 bits per heavy atom. The van der Waals surface area contributed by atoms with E-state index in [0.717, 1.165) is 57.5 Å². The van der Waals surface area contributed by atoms with Crippen molar-refractivity contribution in [2.45, 2.75) is 116 Å². The molecule has 0 aliphatic heterocycles. The molecule has 0 N–H and O–H groups in total. The average Bonchev–Trinajstić information content (AvgIpc) is 4.07. The van der Waals surface area contributed by atoms with E-state index in [0.29, 0.717) is 23.7 Å². The van der Waals surface area contributed by atoms with E-state index in [2.05, 4.69) is 139 Å². The first-order chi connectivity index (χ1) is 27.7. The van der Waals surface area contributed by atoms with Crippen LogP contribution in [0.15, 0.2) is 93.8 Å². The molecule has 2 atom stereocenters. The van der Waals surface area contributed by atoms with Gasteiger partial charge in [-0.2, -0.15) is 0 Å². The van der Waals surface area contributed by atoms with Gasteiger partial charge in [0.05, 0.1) is 0 Å². The Morgan fingerprint density at radius 3 is 1.33 bits per heavy atom. The number of furan rings is 2. The second-order valence-corrected chi connectivity index (χ2v) is 19.1. The Hall–Kier alpha value is -4.86. The SMILES string of the molecule is Cc1ccc(C2=Cc3c(cc4c(c3-c3ccc(C(C)C)cc3)CCC4)C2C[Si]CC2C(c3ccc(C)o3)=Cc3c2cc2c(c3-c3ccc(C(C)C)cc3)CCC2)o1. The number of allylic oxidation sites excluding steroid dienone is 2. The van der Waals surface area contributed by atoms with Crippen molar-refractivity contribution >= 4 is 32.8 Å². The van der Waals surface area contributed by atoms with E-state index in [1.54, 1.807) is 22.3 Å². The maximum absolute atomic E-state index is 6.45. The van der Waals surface area contributed by atoms with Crippen LogP contribution in [0.2, 0.25) is 12.1 Å². The lowest BCUT2D eigenvalue weighted by Gasteiger charge is -2.22. The third-order valence-electron chi connectivity index (χ3n) is 13.5. The number of aryl methyl sites for hydroxylation is 4. The molecule has 0 amide bonds. The molecule has 0 spiro atoms. The monoisotopic (exact) mass is 762 g/mol. The third-order valence-corrected chi connectivity index (χ3v) is 14.9. The highest BCUT2D eigenvalue weighted by Gasteiger charge is 2.36. The molecular formula is C54H54O2Si. The van der Waals surface area contributed by atoms with E-state index in [1.807, 2.05) is 0 Å². The molecule has 0 bridgehead atoms. The van der Waals surface area contributed by atoms with Crippen molar-refractivity contribution < 1.29 is 8.83 Å². The molecule has 2 unspecified atom stereocenters. The molecule has 2 nitrogen and oxygen atoms in total. The summed E-state index contributed by atoms with van der Waals surface area (Å²) in [5.74, 6) is 5.66. The van der Waals surface area contributed by atoms with Crippen LogP contribution in [-0.4, -0.2) is 9.52 Å². The Morgan fingerprint density at radius 2 is 0.965 bits per heavy atom. The van der Waals surface area contributed by atoms with E-state index in [4.69, 9.17) is 8.83 Å². The van der Waals surface area contributed by atoms with Gasteiger partial charge in [0.15, 0.2) is 0 Å². The summed E-state index contributed by atoms with van der Waals surface area (Å²) in [6.45, 7) is 13.3. The van der Waals surface area contributed by atoms with Crippen LogP contribution in [0.25, 0.3) is 45.6 Å². The van der Waals surface area contributed by atoms with Crippen LogP contribution in [0, 0.1) is 13.8 Å². The quantitative estimate of drug-likeness (QED) is 0.130. The molecular weight excluding hydrogens is 709 g/mol. The van der Waals surface area contributed by atoms with Crippen molar-refractivity contribution in [2.75, 3.05) is 0 Å². The summed E-state index contributed by atoms with van der Waals surface area (Å²) >= 11 is 0. The van der Waals surface area contributed by atoms with Gasteiger partial charge in [-0.25, -0.2) is 0 Å². The van der Waals surface area contributed by atoms with Crippen molar-refractivity contribution in [3.05, 3.63) is 164 Å². The minimum Gasteiger partial charge on any atom is -0.462 e. The van der Waals surface area contributed by atoms with Crippen LogP contribution in [0.5, 0.6) is 0 Å². The summed E-state index contributed by atoms with van der Waals surface area (Å²) in [6.07, 6.45) is 12.2. The number of rotatable bonds is 10. The lowest BCUT2D eigenvalue weighted by atomic mass is 9.86. The molecule has 10 rings (SSSR count). The van der Waals surface area contributed by atoms with Crippen LogP contribution in [0.3, 0.4) is 0 Å². The summed E-state index contributed by atoms with van der Waals surface area (Å²) in [4.78, 5) is 0. The molecule has 0 saturated carbocycles. The topological polar surface area (TPSA) is 26.3 Å². The Labute approximate surface area is 342 Å². The van der Waals surface area contributed by atoms with Gasteiger partial charge in [0, 0.05) is 32.5 Å². The molecule has 0 saturated heterocycles. The Balaban J connectivity index is 1.03. The number of hydrogen-bond donors (Lipinski definition) is 0. The molecule has 2 radical (unpaired) electrons. The fraction of sp³-hybridized carbons (Fsp3) is 0.333. The Kier molecular flexibility index (Phi) is 9.28. The summed E-state index contributed by atoms with van der Waals surface area (Å²) in [5, 5.41) is 0. The van der Waals surface area contributed by atoms with Crippen LogP contribution >= 0.6 is 0 Å². The molecule has 57 heavy (non-hydrogen) atoms. The van der Waals surface area contributed by atoms with E-state index >= 15 is 0 Å². The van der Waals surface area contributed by atoms with Crippen molar-refractivity contribution in [2.24, 2.45) is 0 Å². The van der Waals surface area contributed by atoms with E-state index < -0.39 is 0 Å². The van der Waals surface area contributed by atoms with E-state index in [9.17, 15) is 0 Å². The summed E-state index contributed by atoms with van der Waals surface area (Å²) in [7, 11) is 0.772. The first-order valence-corrected chi connectivity index (χ1v) is 23.0. The molecule has 2 aromatic heterocycles. The smallest absolute Gasteiger partial charge is 0.130 e. The van der Waals surface area contributed by atoms with Crippen LogP contribution in [0.4, 0.5) is 0 Å². The molecule has 286 valence electrons. The second kappa shape index (κ2) is 14.5. The van der Waals surface area contributed by atoms with Gasteiger partial charge >= 0.3 is 0 Å². The van der Waals surface area contributed by atoms with Crippen molar-refractivity contribution in [3.63, 3.8) is 0 Å². The predicted molar refractivity (Wildman–Crippen MR) is 239 cm³/mol. The fourth-order valence-corrected chi connectivity index (χ4v) is 12.1. The first kappa shape index (κ1) is 36.5. The van der Waals surface area contributed by atoms with Gasteiger partial charge < -0.3 is 8.83 Å². The maximum atomic E-state index is 6.45. The first-order valence-electron chi connectivity index (χ1n) is 21.6. The van der Waals surface area contributed by atoms with E-state index in [-0.39, 0.29) is 0 Å². The largest absolute Gasteiger partial charge is 0.462 e. The molecule has 6 aromatic rings. The minimum atomic E-state index is 0.303. The van der Waals surface area contributed by atoms with Crippen LogP contribution in [0.1, 0.15) is 143 Å². The average molecular weight is 763 g/mol. The second-order valence-electron chi connectivity index (χ2n) is 17.8. The summed E-state index contributed by atoms with van der Waals surface area (Å²) < 4.78 is 12.9. The van der Waals surface area contributed by atoms with Crippen LogP contribution in [-0.2, 0) is 25.7 Å². The third kappa shape index (κ3) is 6.38. The Bertz CT molecular complexity index is 2390. The predicted octanol–water partition coefficient (Wildman–Crippen LogP) is 14.6. The van der Waals surface area contributed by atoms with Crippen LogP contribution < -0.4 is 0 Å².